The van der Waals surface area contributed by atoms with Gasteiger partial charge in [-0.2, -0.15) is 0 Å². The third kappa shape index (κ3) is 4.43. The fraction of sp³-hybridized carbons (Fsp3) is 0.933. The molecule has 5 nitrogen and oxygen atoms in total. The Labute approximate surface area is 122 Å². The monoisotopic (exact) mass is 283 g/mol. The van der Waals surface area contributed by atoms with E-state index in [2.05, 4.69) is 29.0 Å². The molecule has 1 atom stereocenters. The molecule has 2 aliphatic heterocycles. The molecule has 1 amide bonds. The molecule has 0 aromatic carbocycles. The number of hydrogen-bond acceptors (Lipinski definition) is 4. The lowest BCUT2D eigenvalue weighted by Gasteiger charge is -2.34. The SMILES string of the molecule is CC(C)C1CNCCCN1C(=O)CCN1CCOCC1. The van der Waals surface area contributed by atoms with E-state index < -0.39 is 0 Å². The van der Waals surface area contributed by atoms with Crippen LogP contribution in [0.1, 0.15) is 26.7 Å². The van der Waals surface area contributed by atoms with Crippen molar-refractivity contribution in [3.63, 3.8) is 0 Å². The first kappa shape index (κ1) is 15.7. The fourth-order valence-corrected chi connectivity index (χ4v) is 3.03. The van der Waals surface area contributed by atoms with Crippen LogP contribution in [0.5, 0.6) is 0 Å². The average molecular weight is 283 g/mol. The van der Waals surface area contributed by atoms with Crippen LogP contribution in [-0.4, -0.2) is 74.2 Å². The normalized spacial score (nSPS) is 25.8. The second-order valence-corrected chi connectivity index (χ2v) is 6.16. The van der Waals surface area contributed by atoms with Gasteiger partial charge in [0.25, 0.3) is 0 Å². The number of ether oxygens (including phenoxy) is 1. The van der Waals surface area contributed by atoms with Gasteiger partial charge >= 0.3 is 0 Å². The summed E-state index contributed by atoms with van der Waals surface area (Å²) < 4.78 is 5.34. The van der Waals surface area contributed by atoms with Gasteiger partial charge < -0.3 is 15.0 Å². The van der Waals surface area contributed by atoms with Gasteiger partial charge in [-0.3, -0.25) is 9.69 Å². The van der Waals surface area contributed by atoms with Crippen LogP contribution in [-0.2, 0) is 9.53 Å². The maximum absolute atomic E-state index is 12.5. The molecule has 116 valence electrons. The second kappa shape index (κ2) is 7.96. The van der Waals surface area contributed by atoms with Gasteiger partial charge in [0.05, 0.1) is 13.2 Å². The second-order valence-electron chi connectivity index (χ2n) is 6.16. The molecule has 1 N–H and O–H groups in total. The lowest BCUT2D eigenvalue weighted by Crippen LogP contribution is -2.47. The highest BCUT2D eigenvalue weighted by atomic mass is 16.5. The van der Waals surface area contributed by atoms with Crippen molar-refractivity contribution in [2.45, 2.75) is 32.7 Å². The zero-order valence-electron chi connectivity index (χ0n) is 12.9. The number of hydrogen-bond donors (Lipinski definition) is 1. The van der Waals surface area contributed by atoms with E-state index in [-0.39, 0.29) is 0 Å². The molecule has 5 heteroatoms. The van der Waals surface area contributed by atoms with Gasteiger partial charge in [0, 0.05) is 45.2 Å². The van der Waals surface area contributed by atoms with Crippen LogP contribution in [0.15, 0.2) is 0 Å². The first-order valence-corrected chi connectivity index (χ1v) is 7.99. The van der Waals surface area contributed by atoms with E-state index in [0.29, 0.717) is 24.3 Å². The first-order valence-electron chi connectivity index (χ1n) is 7.99. The fourth-order valence-electron chi connectivity index (χ4n) is 3.03. The molecule has 0 bridgehead atoms. The van der Waals surface area contributed by atoms with Crippen LogP contribution in [0, 0.1) is 5.92 Å². The van der Waals surface area contributed by atoms with Crippen molar-refractivity contribution in [1.29, 1.82) is 0 Å². The molecule has 2 fully saturated rings. The van der Waals surface area contributed by atoms with Crippen LogP contribution >= 0.6 is 0 Å². The summed E-state index contributed by atoms with van der Waals surface area (Å²) in [7, 11) is 0. The van der Waals surface area contributed by atoms with Crippen molar-refractivity contribution in [1.82, 2.24) is 15.1 Å². The molecule has 2 saturated heterocycles. The van der Waals surface area contributed by atoms with Crippen molar-refractivity contribution >= 4 is 5.91 Å². The van der Waals surface area contributed by atoms with Crippen molar-refractivity contribution in [2.75, 3.05) is 52.5 Å². The highest BCUT2D eigenvalue weighted by Gasteiger charge is 2.27. The molecule has 2 aliphatic rings. The van der Waals surface area contributed by atoms with Crippen LogP contribution in [0.3, 0.4) is 0 Å². The number of rotatable bonds is 4. The Morgan fingerprint density at radius 1 is 1.30 bits per heavy atom. The number of morpholine rings is 1. The van der Waals surface area contributed by atoms with Crippen molar-refractivity contribution in [3.05, 3.63) is 0 Å². The predicted molar refractivity (Wildman–Crippen MR) is 79.7 cm³/mol. The molecular formula is C15H29N3O2. The lowest BCUT2D eigenvalue weighted by atomic mass is 10.0. The summed E-state index contributed by atoms with van der Waals surface area (Å²) in [5.74, 6) is 0.826. The predicted octanol–water partition coefficient (Wildman–Crippen LogP) is 0.555. The molecule has 0 aliphatic carbocycles. The summed E-state index contributed by atoms with van der Waals surface area (Å²) >= 11 is 0. The summed E-state index contributed by atoms with van der Waals surface area (Å²) in [6.07, 6.45) is 1.70. The van der Waals surface area contributed by atoms with Crippen LogP contribution in [0.25, 0.3) is 0 Å². The Bertz CT molecular complexity index is 303. The quantitative estimate of drug-likeness (QED) is 0.819. The maximum Gasteiger partial charge on any atom is 0.224 e. The maximum atomic E-state index is 12.5. The number of nitrogens with one attached hydrogen (secondary N) is 1. The van der Waals surface area contributed by atoms with E-state index in [0.717, 1.165) is 58.9 Å². The Balaban J connectivity index is 1.84. The molecule has 20 heavy (non-hydrogen) atoms. The Morgan fingerprint density at radius 2 is 2.05 bits per heavy atom. The Morgan fingerprint density at radius 3 is 2.75 bits per heavy atom. The summed E-state index contributed by atoms with van der Waals surface area (Å²) in [6, 6.07) is 0.342. The minimum absolute atomic E-state index is 0.318. The van der Waals surface area contributed by atoms with Gasteiger partial charge in [0.2, 0.25) is 5.91 Å². The van der Waals surface area contributed by atoms with E-state index in [1.807, 2.05) is 0 Å². The highest BCUT2D eigenvalue weighted by Crippen LogP contribution is 2.15. The largest absolute Gasteiger partial charge is 0.379 e. The van der Waals surface area contributed by atoms with Gasteiger partial charge in [-0.15, -0.1) is 0 Å². The molecule has 0 saturated carbocycles. The lowest BCUT2D eigenvalue weighted by molar-refractivity contribution is -0.134. The minimum atomic E-state index is 0.318. The average Bonchev–Trinajstić information content (AvgIpc) is 2.71. The number of carbonyl (C=O) groups is 1. The van der Waals surface area contributed by atoms with E-state index in [1.165, 1.54) is 0 Å². The Kier molecular flexibility index (Phi) is 6.26. The summed E-state index contributed by atoms with van der Waals surface area (Å²) in [5.41, 5.74) is 0. The van der Waals surface area contributed by atoms with Gasteiger partial charge in [-0.05, 0) is 18.9 Å². The van der Waals surface area contributed by atoms with Gasteiger partial charge in [0.15, 0.2) is 0 Å². The molecule has 2 rings (SSSR count). The molecule has 1 unspecified atom stereocenters. The highest BCUT2D eigenvalue weighted by molar-refractivity contribution is 5.76. The minimum Gasteiger partial charge on any atom is -0.379 e. The summed E-state index contributed by atoms with van der Waals surface area (Å²) in [5, 5.41) is 3.45. The van der Waals surface area contributed by atoms with Crippen molar-refractivity contribution < 1.29 is 9.53 Å². The molecule has 2 heterocycles. The first-order chi connectivity index (χ1) is 9.68. The smallest absolute Gasteiger partial charge is 0.224 e. The van der Waals surface area contributed by atoms with Gasteiger partial charge in [0.1, 0.15) is 0 Å². The van der Waals surface area contributed by atoms with Gasteiger partial charge in [-0.1, -0.05) is 13.8 Å². The number of nitrogens with zero attached hydrogens (tertiary/aromatic N) is 2. The molecule has 0 spiro atoms. The van der Waals surface area contributed by atoms with E-state index in [1.54, 1.807) is 0 Å². The zero-order chi connectivity index (χ0) is 14.4. The Hall–Kier alpha value is -0.650. The third-order valence-corrected chi connectivity index (χ3v) is 4.34. The topological polar surface area (TPSA) is 44.8 Å². The molecular weight excluding hydrogens is 254 g/mol. The number of amides is 1. The van der Waals surface area contributed by atoms with Crippen LogP contribution < -0.4 is 5.32 Å². The standard InChI is InChI=1S/C15H29N3O2/c1-13(2)14-12-16-5-3-6-18(14)15(19)4-7-17-8-10-20-11-9-17/h13-14,16H,3-12H2,1-2H3. The van der Waals surface area contributed by atoms with Crippen LogP contribution in [0.4, 0.5) is 0 Å². The molecule has 0 radical (unpaired) electrons. The van der Waals surface area contributed by atoms with E-state index in [4.69, 9.17) is 4.74 Å². The number of carbonyl (C=O) groups excluding carboxylic acids is 1. The summed E-state index contributed by atoms with van der Waals surface area (Å²) in [4.78, 5) is 17.0. The van der Waals surface area contributed by atoms with Gasteiger partial charge in [-0.25, -0.2) is 0 Å². The van der Waals surface area contributed by atoms with Crippen molar-refractivity contribution in [3.8, 4) is 0 Å². The zero-order valence-corrected chi connectivity index (χ0v) is 12.9. The van der Waals surface area contributed by atoms with Crippen LogP contribution in [0.2, 0.25) is 0 Å². The van der Waals surface area contributed by atoms with E-state index in [9.17, 15) is 4.79 Å². The molecule has 0 aromatic heterocycles. The summed E-state index contributed by atoms with van der Waals surface area (Å²) in [6.45, 7) is 11.7. The van der Waals surface area contributed by atoms with Crippen molar-refractivity contribution in [2.24, 2.45) is 5.92 Å². The van der Waals surface area contributed by atoms with E-state index >= 15 is 0 Å². The molecule has 0 aromatic rings. The third-order valence-electron chi connectivity index (χ3n) is 4.34.